The largest absolute Gasteiger partial charge is 0.342 e. The monoisotopic (exact) mass is 137 g/mol. The summed E-state index contributed by atoms with van der Waals surface area (Å²) in [4.78, 5) is 10.7. The predicted molar refractivity (Wildman–Crippen MR) is 41.3 cm³/mol. The van der Waals surface area contributed by atoms with Gasteiger partial charge in [-0.1, -0.05) is 12.0 Å². The number of nitrogens with one attached hydrogen (secondary N) is 1. The Balaban J connectivity index is 3.59. The average Bonchev–Trinajstić information content (AvgIpc) is 1.88. The molecule has 0 bridgehead atoms. The highest BCUT2D eigenvalue weighted by atomic mass is 16.1. The molecule has 0 saturated carbocycles. The molecule has 1 N–H and O–H groups in total. The molecule has 1 unspecified atom stereocenters. The Morgan fingerprint density at radius 3 is 3.00 bits per heavy atom. The quantitative estimate of drug-likeness (QED) is 0.450. The van der Waals surface area contributed by atoms with Gasteiger partial charge in [0.1, 0.15) is 0 Å². The van der Waals surface area contributed by atoms with E-state index in [0.717, 1.165) is 0 Å². The summed E-state index contributed by atoms with van der Waals surface area (Å²) in [5.41, 5.74) is 0. The van der Waals surface area contributed by atoms with Gasteiger partial charge in [-0.05, 0) is 6.92 Å². The molecule has 0 aliphatic rings. The third kappa shape index (κ3) is 3.73. The van der Waals surface area contributed by atoms with Crippen LogP contribution in [0.15, 0.2) is 12.7 Å². The summed E-state index contributed by atoms with van der Waals surface area (Å²) in [7, 11) is 0. The van der Waals surface area contributed by atoms with Crippen LogP contribution in [0.25, 0.3) is 0 Å². The summed E-state index contributed by atoms with van der Waals surface area (Å²) >= 11 is 0. The van der Waals surface area contributed by atoms with Gasteiger partial charge in [-0.3, -0.25) is 4.79 Å². The number of carbonyl (C=O) groups excluding carboxylic acids is 1. The lowest BCUT2D eigenvalue weighted by Crippen LogP contribution is -2.30. The third-order valence-corrected chi connectivity index (χ3v) is 0.957. The summed E-state index contributed by atoms with van der Waals surface area (Å²) in [6.07, 6.45) is 6.89. The lowest BCUT2D eigenvalue weighted by molar-refractivity contribution is -0.120. The predicted octanol–water partition coefficient (Wildman–Crippen LogP) is 0.700. The number of amides is 1. The van der Waals surface area contributed by atoms with E-state index in [1.54, 1.807) is 13.0 Å². The summed E-state index contributed by atoms with van der Waals surface area (Å²) in [5, 5.41) is 2.58. The van der Waals surface area contributed by atoms with Gasteiger partial charge in [0.15, 0.2) is 0 Å². The van der Waals surface area contributed by atoms with Crippen LogP contribution in [0.1, 0.15) is 13.3 Å². The van der Waals surface area contributed by atoms with Gasteiger partial charge in [0, 0.05) is 6.42 Å². The topological polar surface area (TPSA) is 29.1 Å². The number of carbonyl (C=O) groups is 1. The molecule has 1 amide bonds. The van der Waals surface area contributed by atoms with Crippen molar-refractivity contribution in [2.75, 3.05) is 0 Å². The van der Waals surface area contributed by atoms with Crippen molar-refractivity contribution in [3.05, 3.63) is 12.7 Å². The zero-order valence-corrected chi connectivity index (χ0v) is 6.05. The third-order valence-electron chi connectivity index (χ3n) is 0.957. The average molecular weight is 137 g/mol. The van der Waals surface area contributed by atoms with E-state index in [0.29, 0.717) is 6.42 Å². The molecule has 0 spiro atoms. The summed E-state index contributed by atoms with van der Waals surface area (Å²) in [6.45, 7) is 5.17. The van der Waals surface area contributed by atoms with Gasteiger partial charge in [-0.2, -0.15) is 0 Å². The highest BCUT2D eigenvalue weighted by Crippen LogP contribution is 1.82. The molecule has 0 heterocycles. The molecule has 0 saturated heterocycles. The van der Waals surface area contributed by atoms with Crippen molar-refractivity contribution in [3.8, 4) is 12.3 Å². The van der Waals surface area contributed by atoms with Crippen LogP contribution in [0.2, 0.25) is 0 Å². The van der Waals surface area contributed by atoms with Crippen molar-refractivity contribution in [3.63, 3.8) is 0 Å². The fraction of sp³-hybridized carbons (Fsp3) is 0.375. The van der Waals surface area contributed by atoms with Gasteiger partial charge in [-0.15, -0.1) is 13.0 Å². The van der Waals surface area contributed by atoms with Crippen molar-refractivity contribution in [2.24, 2.45) is 0 Å². The van der Waals surface area contributed by atoms with E-state index in [9.17, 15) is 4.79 Å². The van der Waals surface area contributed by atoms with E-state index in [4.69, 9.17) is 6.42 Å². The van der Waals surface area contributed by atoms with Crippen LogP contribution in [-0.2, 0) is 4.79 Å². The molecule has 1 atom stereocenters. The first-order chi connectivity index (χ1) is 4.70. The Hall–Kier alpha value is -1.23. The number of hydrogen-bond donors (Lipinski definition) is 1. The fourth-order valence-corrected chi connectivity index (χ4v) is 0.473. The van der Waals surface area contributed by atoms with E-state index in [2.05, 4.69) is 17.8 Å². The molecule has 2 nitrogen and oxygen atoms in total. The molecule has 0 fully saturated rings. The summed E-state index contributed by atoms with van der Waals surface area (Å²) < 4.78 is 0. The minimum Gasteiger partial charge on any atom is -0.342 e. The summed E-state index contributed by atoms with van der Waals surface area (Å²) in [5.74, 6) is 2.31. The van der Waals surface area contributed by atoms with Gasteiger partial charge in [0.05, 0.1) is 6.04 Å². The van der Waals surface area contributed by atoms with Crippen molar-refractivity contribution in [2.45, 2.75) is 19.4 Å². The Morgan fingerprint density at radius 2 is 2.60 bits per heavy atom. The van der Waals surface area contributed by atoms with Gasteiger partial charge in [0.2, 0.25) is 5.91 Å². The normalized spacial score (nSPS) is 11.2. The molecule has 0 radical (unpaired) electrons. The maximum atomic E-state index is 10.7. The van der Waals surface area contributed by atoms with Crippen LogP contribution in [0.4, 0.5) is 0 Å². The first kappa shape index (κ1) is 8.77. The molecule has 0 aliphatic heterocycles. The highest BCUT2D eigenvalue weighted by Gasteiger charge is 1.99. The SMILES string of the molecule is C#CC(C)NC(=O)CC=C. The number of rotatable bonds is 3. The van der Waals surface area contributed by atoms with Crippen LogP contribution < -0.4 is 5.32 Å². The Labute approximate surface area is 61.3 Å². The van der Waals surface area contributed by atoms with Crippen LogP contribution in [0, 0.1) is 12.3 Å². The highest BCUT2D eigenvalue weighted by molar-refractivity contribution is 5.77. The van der Waals surface area contributed by atoms with Gasteiger partial charge >= 0.3 is 0 Å². The standard InChI is InChI=1S/C8H11NO/c1-4-6-8(10)9-7(3)5-2/h2,4,7H,1,6H2,3H3,(H,9,10). The summed E-state index contributed by atoms with van der Waals surface area (Å²) in [6, 6.07) is -0.188. The van der Waals surface area contributed by atoms with Crippen LogP contribution >= 0.6 is 0 Å². The second-order valence-corrected chi connectivity index (χ2v) is 1.95. The Bertz CT molecular complexity index is 167. The molecule has 2 heteroatoms. The number of hydrogen-bond acceptors (Lipinski definition) is 1. The maximum absolute atomic E-state index is 10.7. The van der Waals surface area contributed by atoms with Gasteiger partial charge < -0.3 is 5.32 Å². The zero-order valence-electron chi connectivity index (χ0n) is 6.05. The number of terminal acetylenes is 1. The molecular formula is C8H11NO. The second kappa shape index (κ2) is 4.63. The molecule has 0 aromatic rings. The van der Waals surface area contributed by atoms with Gasteiger partial charge in [-0.25, -0.2) is 0 Å². The first-order valence-corrected chi connectivity index (χ1v) is 3.07. The van der Waals surface area contributed by atoms with E-state index < -0.39 is 0 Å². The van der Waals surface area contributed by atoms with Crippen molar-refractivity contribution in [1.82, 2.24) is 5.32 Å². The Morgan fingerprint density at radius 1 is 2.00 bits per heavy atom. The first-order valence-electron chi connectivity index (χ1n) is 3.07. The lowest BCUT2D eigenvalue weighted by Gasteiger charge is -2.04. The van der Waals surface area contributed by atoms with Crippen LogP contribution in [0.5, 0.6) is 0 Å². The lowest BCUT2D eigenvalue weighted by atomic mass is 10.3. The molecule has 0 aromatic heterocycles. The van der Waals surface area contributed by atoms with E-state index in [-0.39, 0.29) is 11.9 Å². The van der Waals surface area contributed by atoms with Crippen molar-refractivity contribution < 1.29 is 4.79 Å². The smallest absolute Gasteiger partial charge is 0.224 e. The molecule has 10 heavy (non-hydrogen) atoms. The molecule has 54 valence electrons. The maximum Gasteiger partial charge on any atom is 0.224 e. The van der Waals surface area contributed by atoms with Crippen LogP contribution in [0.3, 0.4) is 0 Å². The minimum atomic E-state index is -0.188. The van der Waals surface area contributed by atoms with E-state index in [1.807, 2.05) is 0 Å². The molecule has 0 aliphatic carbocycles. The van der Waals surface area contributed by atoms with Crippen LogP contribution in [-0.4, -0.2) is 11.9 Å². The Kier molecular flexibility index (Phi) is 4.06. The second-order valence-electron chi connectivity index (χ2n) is 1.95. The molecular weight excluding hydrogens is 126 g/mol. The van der Waals surface area contributed by atoms with Crippen molar-refractivity contribution >= 4 is 5.91 Å². The van der Waals surface area contributed by atoms with E-state index >= 15 is 0 Å². The molecule has 0 aromatic carbocycles. The molecule has 0 rings (SSSR count). The van der Waals surface area contributed by atoms with Crippen molar-refractivity contribution in [1.29, 1.82) is 0 Å². The van der Waals surface area contributed by atoms with Gasteiger partial charge in [0.25, 0.3) is 0 Å². The fourth-order valence-electron chi connectivity index (χ4n) is 0.473. The minimum absolute atomic E-state index is 0.0829. The zero-order chi connectivity index (χ0) is 7.98. The van der Waals surface area contributed by atoms with E-state index in [1.165, 1.54) is 0 Å².